The molecule has 4 atom stereocenters. The lowest BCUT2D eigenvalue weighted by molar-refractivity contribution is -0.229. The van der Waals surface area contributed by atoms with Gasteiger partial charge in [-0.3, -0.25) is 5.10 Å². The summed E-state index contributed by atoms with van der Waals surface area (Å²) in [5, 5.41) is 6.60. The number of H-pyrrole nitrogens is 1. The summed E-state index contributed by atoms with van der Waals surface area (Å²) in [7, 11) is 1.58. The molecule has 2 aliphatic heterocycles. The number of ether oxygens (including phenoxy) is 4. The zero-order valence-corrected chi connectivity index (χ0v) is 9.91. The van der Waals surface area contributed by atoms with Gasteiger partial charge in [0.1, 0.15) is 24.6 Å². The predicted octanol–water partition coefficient (Wildman–Crippen LogP) is 0.369. The van der Waals surface area contributed by atoms with Crippen LogP contribution in [0.5, 0.6) is 0 Å². The SMILES string of the molecule is COC1OC(c2ncn[nH]2)C2OC(C)(C)OC12. The van der Waals surface area contributed by atoms with Crippen LogP contribution in [-0.2, 0) is 18.9 Å². The standard InChI is InChI=1S/C10H15N3O4/c1-10(2)16-5-6(8-11-4-12-13-8)15-9(14-3)7(5)17-10/h4-7,9H,1-3H3,(H,11,12,13). The predicted molar refractivity (Wildman–Crippen MR) is 54.8 cm³/mol. The van der Waals surface area contributed by atoms with E-state index in [9.17, 15) is 0 Å². The third kappa shape index (κ3) is 1.75. The Hall–Kier alpha value is -1.02. The van der Waals surface area contributed by atoms with Gasteiger partial charge in [-0.05, 0) is 13.8 Å². The monoisotopic (exact) mass is 241 g/mol. The van der Waals surface area contributed by atoms with Crippen LogP contribution in [0.1, 0.15) is 25.8 Å². The average molecular weight is 241 g/mol. The molecule has 94 valence electrons. The molecule has 1 aromatic heterocycles. The van der Waals surface area contributed by atoms with Gasteiger partial charge in [0.25, 0.3) is 0 Å². The van der Waals surface area contributed by atoms with E-state index in [-0.39, 0.29) is 18.3 Å². The summed E-state index contributed by atoms with van der Waals surface area (Å²) in [5.41, 5.74) is 0. The second-order valence-corrected chi connectivity index (χ2v) is 4.60. The number of fused-ring (bicyclic) bond motifs is 1. The minimum atomic E-state index is -0.631. The molecule has 7 nitrogen and oxygen atoms in total. The van der Waals surface area contributed by atoms with Gasteiger partial charge in [-0.1, -0.05) is 0 Å². The number of nitrogens with one attached hydrogen (secondary N) is 1. The topological polar surface area (TPSA) is 78.5 Å². The van der Waals surface area contributed by atoms with Gasteiger partial charge in [-0.2, -0.15) is 5.10 Å². The molecule has 2 fully saturated rings. The van der Waals surface area contributed by atoms with Gasteiger partial charge in [0.05, 0.1) is 0 Å². The molecule has 2 aliphatic rings. The zero-order valence-electron chi connectivity index (χ0n) is 9.91. The molecule has 2 saturated heterocycles. The van der Waals surface area contributed by atoms with Crippen LogP contribution in [0.15, 0.2) is 6.33 Å². The quantitative estimate of drug-likeness (QED) is 0.805. The van der Waals surface area contributed by atoms with E-state index in [1.165, 1.54) is 6.33 Å². The smallest absolute Gasteiger partial charge is 0.187 e. The van der Waals surface area contributed by atoms with Gasteiger partial charge in [0.2, 0.25) is 0 Å². The van der Waals surface area contributed by atoms with Crippen LogP contribution >= 0.6 is 0 Å². The highest BCUT2D eigenvalue weighted by molar-refractivity contribution is 5.03. The van der Waals surface area contributed by atoms with E-state index in [1.807, 2.05) is 13.8 Å². The molecule has 1 N–H and O–H groups in total. The van der Waals surface area contributed by atoms with Crippen LogP contribution in [0, 0.1) is 0 Å². The Labute approximate surface area is 98.4 Å². The molecule has 17 heavy (non-hydrogen) atoms. The van der Waals surface area contributed by atoms with Crippen molar-refractivity contribution >= 4 is 0 Å². The second-order valence-electron chi connectivity index (χ2n) is 4.60. The first-order chi connectivity index (χ1) is 8.11. The van der Waals surface area contributed by atoms with Crippen LogP contribution in [0.25, 0.3) is 0 Å². The number of aromatic amines is 1. The summed E-state index contributed by atoms with van der Waals surface area (Å²) >= 11 is 0. The Morgan fingerprint density at radius 3 is 2.76 bits per heavy atom. The van der Waals surface area contributed by atoms with Crippen molar-refractivity contribution < 1.29 is 18.9 Å². The largest absolute Gasteiger partial charge is 0.353 e. The Morgan fingerprint density at radius 1 is 1.35 bits per heavy atom. The molecular formula is C10H15N3O4. The number of aromatic nitrogens is 3. The Kier molecular flexibility index (Phi) is 2.44. The molecular weight excluding hydrogens is 226 g/mol. The lowest BCUT2D eigenvalue weighted by Crippen LogP contribution is -2.30. The van der Waals surface area contributed by atoms with Gasteiger partial charge < -0.3 is 18.9 Å². The van der Waals surface area contributed by atoms with Crippen LogP contribution in [0.4, 0.5) is 0 Å². The molecule has 0 amide bonds. The van der Waals surface area contributed by atoms with E-state index in [2.05, 4.69) is 15.2 Å². The highest BCUT2D eigenvalue weighted by Crippen LogP contribution is 2.44. The van der Waals surface area contributed by atoms with Gasteiger partial charge in [-0.15, -0.1) is 0 Å². The first-order valence-corrected chi connectivity index (χ1v) is 5.50. The van der Waals surface area contributed by atoms with E-state index in [1.54, 1.807) is 7.11 Å². The zero-order chi connectivity index (χ0) is 12.0. The Morgan fingerprint density at radius 2 is 2.12 bits per heavy atom. The molecule has 0 radical (unpaired) electrons. The highest BCUT2D eigenvalue weighted by atomic mass is 16.8. The normalized spacial score (nSPS) is 39.5. The Bertz CT molecular complexity index is 394. The fraction of sp³-hybridized carbons (Fsp3) is 0.800. The van der Waals surface area contributed by atoms with Crippen molar-refractivity contribution in [2.24, 2.45) is 0 Å². The molecule has 7 heteroatoms. The maximum Gasteiger partial charge on any atom is 0.187 e. The van der Waals surface area contributed by atoms with Crippen molar-refractivity contribution in [3.05, 3.63) is 12.2 Å². The molecule has 0 spiro atoms. The summed E-state index contributed by atoms with van der Waals surface area (Å²) in [5.74, 6) is -0.00500. The highest BCUT2D eigenvalue weighted by Gasteiger charge is 2.56. The van der Waals surface area contributed by atoms with Crippen molar-refractivity contribution in [1.82, 2.24) is 15.2 Å². The maximum absolute atomic E-state index is 5.83. The molecule has 4 unspecified atom stereocenters. The average Bonchev–Trinajstić information content (AvgIpc) is 2.91. The molecule has 0 saturated carbocycles. The van der Waals surface area contributed by atoms with Gasteiger partial charge >= 0.3 is 0 Å². The maximum atomic E-state index is 5.83. The molecule has 1 aromatic rings. The van der Waals surface area contributed by atoms with Crippen LogP contribution in [0.2, 0.25) is 0 Å². The molecule has 0 aromatic carbocycles. The van der Waals surface area contributed by atoms with E-state index < -0.39 is 12.1 Å². The van der Waals surface area contributed by atoms with E-state index in [0.717, 1.165) is 0 Å². The molecule has 0 bridgehead atoms. The van der Waals surface area contributed by atoms with Crippen molar-refractivity contribution in [2.75, 3.05) is 7.11 Å². The van der Waals surface area contributed by atoms with Gasteiger partial charge in [0.15, 0.2) is 17.9 Å². The molecule has 0 aliphatic carbocycles. The molecule has 3 rings (SSSR count). The van der Waals surface area contributed by atoms with Crippen molar-refractivity contribution in [3.8, 4) is 0 Å². The number of rotatable bonds is 2. The van der Waals surface area contributed by atoms with Gasteiger partial charge in [-0.25, -0.2) is 4.98 Å². The lowest BCUT2D eigenvalue weighted by atomic mass is 10.1. The first kappa shape index (κ1) is 11.1. The van der Waals surface area contributed by atoms with Gasteiger partial charge in [0, 0.05) is 7.11 Å². The second kappa shape index (κ2) is 3.74. The fourth-order valence-electron chi connectivity index (χ4n) is 2.32. The van der Waals surface area contributed by atoms with Crippen LogP contribution in [0.3, 0.4) is 0 Å². The third-order valence-electron chi connectivity index (χ3n) is 2.95. The number of hydrogen-bond acceptors (Lipinski definition) is 6. The van der Waals surface area contributed by atoms with Crippen molar-refractivity contribution in [3.63, 3.8) is 0 Å². The number of hydrogen-bond donors (Lipinski definition) is 1. The summed E-state index contributed by atoms with van der Waals surface area (Å²) in [6, 6.07) is 0. The van der Waals surface area contributed by atoms with Crippen molar-refractivity contribution in [1.29, 1.82) is 0 Å². The van der Waals surface area contributed by atoms with E-state index >= 15 is 0 Å². The molecule has 3 heterocycles. The summed E-state index contributed by atoms with van der Waals surface area (Å²) < 4.78 is 22.6. The first-order valence-electron chi connectivity index (χ1n) is 5.50. The minimum absolute atomic E-state index is 0.233. The summed E-state index contributed by atoms with van der Waals surface area (Å²) in [4.78, 5) is 4.09. The fourth-order valence-corrected chi connectivity index (χ4v) is 2.32. The minimum Gasteiger partial charge on any atom is -0.353 e. The number of nitrogens with zero attached hydrogens (tertiary/aromatic N) is 2. The summed E-state index contributed by atoms with van der Waals surface area (Å²) in [6.07, 6.45) is 0.175. The van der Waals surface area contributed by atoms with E-state index in [4.69, 9.17) is 18.9 Å². The van der Waals surface area contributed by atoms with Crippen LogP contribution in [-0.4, -0.2) is 46.6 Å². The Balaban J connectivity index is 1.88. The van der Waals surface area contributed by atoms with Crippen molar-refractivity contribution in [2.45, 2.75) is 44.2 Å². The third-order valence-corrected chi connectivity index (χ3v) is 2.95. The lowest BCUT2D eigenvalue weighted by Gasteiger charge is -2.22. The van der Waals surface area contributed by atoms with Crippen LogP contribution < -0.4 is 0 Å². The van der Waals surface area contributed by atoms with E-state index in [0.29, 0.717) is 5.82 Å². The summed E-state index contributed by atoms with van der Waals surface area (Å²) in [6.45, 7) is 3.74. The number of methoxy groups -OCH3 is 1.